The molecule has 1 saturated carbocycles. The van der Waals surface area contributed by atoms with Gasteiger partial charge in [-0.15, -0.1) is 0 Å². The standard InChI is InChI=1S/C29H36N2O6/c1-30(27(33)35-22-24-10-6-3-7-11-24)25-18-28(12-14-29(15-13-28)36-16-17-37-29)31(19-25)20-26(32)34-21-23-8-4-2-5-9-23/h2-11,25H,12-22H2,1H3/t25-/m0/s1. The number of hydrogen-bond acceptors (Lipinski definition) is 7. The monoisotopic (exact) mass is 508 g/mol. The van der Waals surface area contributed by atoms with Crippen molar-refractivity contribution in [2.75, 3.05) is 33.4 Å². The highest BCUT2D eigenvalue weighted by atomic mass is 16.7. The van der Waals surface area contributed by atoms with Gasteiger partial charge in [-0.05, 0) is 30.4 Å². The molecule has 1 aliphatic carbocycles. The highest BCUT2D eigenvalue weighted by molar-refractivity contribution is 5.72. The first-order valence-electron chi connectivity index (χ1n) is 13.1. The first-order chi connectivity index (χ1) is 18.0. The third kappa shape index (κ3) is 5.98. The number of carbonyl (C=O) groups is 2. The summed E-state index contributed by atoms with van der Waals surface area (Å²) in [5.41, 5.74) is 1.69. The van der Waals surface area contributed by atoms with E-state index in [1.807, 2.05) is 60.7 Å². The smallest absolute Gasteiger partial charge is 0.410 e. The highest BCUT2D eigenvalue weighted by Crippen LogP contribution is 2.48. The second-order valence-corrected chi connectivity index (χ2v) is 10.4. The van der Waals surface area contributed by atoms with Crippen molar-refractivity contribution in [1.82, 2.24) is 9.80 Å². The molecular weight excluding hydrogens is 472 g/mol. The fourth-order valence-corrected chi connectivity index (χ4v) is 5.88. The van der Waals surface area contributed by atoms with Gasteiger partial charge in [-0.25, -0.2) is 4.79 Å². The van der Waals surface area contributed by atoms with Gasteiger partial charge in [0.2, 0.25) is 0 Å². The Morgan fingerprint density at radius 3 is 2.05 bits per heavy atom. The van der Waals surface area contributed by atoms with Crippen molar-refractivity contribution in [3.05, 3.63) is 71.8 Å². The normalized spacial score (nSPS) is 22.2. The second kappa shape index (κ2) is 11.2. The lowest BCUT2D eigenvalue weighted by Gasteiger charge is -2.46. The molecule has 0 radical (unpaired) electrons. The number of rotatable bonds is 7. The van der Waals surface area contributed by atoms with Crippen molar-refractivity contribution in [1.29, 1.82) is 0 Å². The van der Waals surface area contributed by atoms with Crippen LogP contribution in [0.3, 0.4) is 0 Å². The average Bonchev–Trinajstić information content (AvgIpc) is 3.54. The molecule has 2 aliphatic heterocycles. The van der Waals surface area contributed by atoms with Crippen LogP contribution in [0.5, 0.6) is 0 Å². The van der Waals surface area contributed by atoms with E-state index in [2.05, 4.69) is 4.90 Å². The molecule has 3 fully saturated rings. The van der Waals surface area contributed by atoms with Gasteiger partial charge in [0.1, 0.15) is 13.2 Å². The van der Waals surface area contributed by atoms with Crippen LogP contribution in [-0.4, -0.2) is 72.6 Å². The van der Waals surface area contributed by atoms with Crippen LogP contribution < -0.4 is 0 Å². The molecule has 8 heteroatoms. The molecule has 37 heavy (non-hydrogen) atoms. The Bertz CT molecular complexity index is 1050. The second-order valence-electron chi connectivity index (χ2n) is 10.4. The molecule has 1 amide bonds. The minimum atomic E-state index is -0.497. The van der Waals surface area contributed by atoms with Gasteiger partial charge in [-0.2, -0.15) is 0 Å². The summed E-state index contributed by atoms with van der Waals surface area (Å²) in [5, 5.41) is 0. The number of carbonyl (C=O) groups excluding carboxylic acids is 2. The zero-order chi connectivity index (χ0) is 25.7. The molecule has 2 saturated heterocycles. The molecule has 0 aromatic heterocycles. The summed E-state index contributed by atoms with van der Waals surface area (Å²) in [4.78, 5) is 29.7. The molecule has 2 aromatic rings. The van der Waals surface area contributed by atoms with Crippen molar-refractivity contribution in [3.63, 3.8) is 0 Å². The topological polar surface area (TPSA) is 77.5 Å². The van der Waals surface area contributed by atoms with E-state index in [-0.39, 0.29) is 43.4 Å². The van der Waals surface area contributed by atoms with Crippen LogP contribution in [0.4, 0.5) is 4.79 Å². The number of likely N-dealkylation sites (tertiary alicyclic amines) is 1. The third-order valence-corrected chi connectivity index (χ3v) is 8.08. The van der Waals surface area contributed by atoms with E-state index in [4.69, 9.17) is 18.9 Å². The maximum Gasteiger partial charge on any atom is 0.410 e. The zero-order valence-electron chi connectivity index (χ0n) is 21.5. The Hall–Kier alpha value is -2.94. The Morgan fingerprint density at radius 1 is 0.892 bits per heavy atom. The van der Waals surface area contributed by atoms with Crippen molar-refractivity contribution < 1.29 is 28.5 Å². The van der Waals surface area contributed by atoms with E-state index in [0.717, 1.165) is 43.2 Å². The van der Waals surface area contributed by atoms with Gasteiger partial charge >= 0.3 is 12.1 Å². The summed E-state index contributed by atoms with van der Waals surface area (Å²) >= 11 is 0. The molecule has 1 atom stereocenters. The van der Waals surface area contributed by atoms with Gasteiger partial charge in [0.15, 0.2) is 5.79 Å². The fourth-order valence-electron chi connectivity index (χ4n) is 5.88. The Labute approximate surface area is 218 Å². The summed E-state index contributed by atoms with van der Waals surface area (Å²) < 4.78 is 23.1. The molecule has 5 rings (SSSR count). The molecule has 2 aromatic carbocycles. The number of esters is 1. The predicted molar refractivity (Wildman–Crippen MR) is 136 cm³/mol. The summed E-state index contributed by atoms with van der Waals surface area (Å²) in [7, 11) is 1.79. The number of benzene rings is 2. The minimum Gasteiger partial charge on any atom is -0.460 e. The largest absolute Gasteiger partial charge is 0.460 e. The molecular formula is C29H36N2O6. The molecule has 0 unspecified atom stereocenters. The number of ether oxygens (including phenoxy) is 4. The van der Waals surface area contributed by atoms with E-state index in [1.165, 1.54) is 0 Å². The van der Waals surface area contributed by atoms with Crippen LogP contribution in [-0.2, 0) is 37.0 Å². The molecule has 198 valence electrons. The molecule has 0 N–H and O–H groups in total. The van der Waals surface area contributed by atoms with Crippen molar-refractivity contribution >= 4 is 12.1 Å². The van der Waals surface area contributed by atoms with Gasteiger partial charge in [0.05, 0.1) is 19.8 Å². The van der Waals surface area contributed by atoms with E-state index < -0.39 is 5.79 Å². The van der Waals surface area contributed by atoms with Gasteiger partial charge in [0.25, 0.3) is 0 Å². The van der Waals surface area contributed by atoms with Crippen LogP contribution in [0.25, 0.3) is 0 Å². The summed E-state index contributed by atoms with van der Waals surface area (Å²) in [5.74, 6) is -0.754. The average molecular weight is 509 g/mol. The lowest BCUT2D eigenvalue weighted by atomic mass is 9.76. The van der Waals surface area contributed by atoms with Gasteiger partial charge in [-0.1, -0.05) is 60.7 Å². The van der Waals surface area contributed by atoms with Crippen LogP contribution >= 0.6 is 0 Å². The molecule has 2 spiro atoms. The summed E-state index contributed by atoms with van der Waals surface area (Å²) in [6, 6.07) is 19.3. The zero-order valence-corrected chi connectivity index (χ0v) is 21.5. The number of hydrogen-bond donors (Lipinski definition) is 0. The maximum atomic E-state index is 12.9. The van der Waals surface area contributed by atoms with Crippen LogP contribution in [0.1, 0.15) is 43.2 Å². The Kier molecular flexibility index (Phi) is 7.79. The lowest BCUT2D eigenvalue weighted by molar-refractivity contribution is -0.192. The number of likely N-dealkylation sites (N-methyl/N-ethyl adjacent to an activating group) is 1. The van der Waals surface area contributed by atoms with Gasteiger partial charge in [0, 0.05) is 38.0 Å². The van der Waals surface area contributed by atoms with Crippen LogP contribution in [0.15, 0.2) is 60.7 Å². The van der Waals surface area contributed by atoms with Gasteiger partial charge in [-0.3, -0.25) is 9.69 Å². The summed E-state index contributed by atoms with van der Waals surface area (Å²) in [6.45, 7) is 2.51. The van der Waals surface area contributed by atoms with Crippen LogP contribution in [0.2, 0.25) is 0 Å². The first-order valence-corrected chi connectivity index (χ1v) is 13.1. The molecule has 2 heterocycles. The molecule has 0 bridgehead atoms. The molecule has 8 nitrogen and oxygen atoms in total. The lowest BCUT2D eigenvalue weighted by Crippen LogP contribution is -2.52. The van der Waals surface area contributed by atoms with Crippen molar-refractivity contribution in [2.24, 2.45) is 0 Å². The predicted octanol–water partition coefficient (Wildman–Crippen LogP) is 4.13. The van der Waals surface area contributed by atoms with Crippen molar-refractivity contribution in [3.8, 4) is 0 Å². The van der Waals surface area contributed by atoms with E-state index >= 15 is 0 Å². The van der Waals surface area contributed by atoms with E-state index in [0.29, 0.717) is 19.8 Å². The SMILES string of the molecule is CN(C(=O)OCc1ccccc1)[C@@H]1CN(CC(=O)OCc2ccccc2)C2(CCC3(CC2)OCCO3)C1. The Balaban J connectivity index is 1.23. The van der Waals surface area contributed by atoms with Crippen LogP contribution in [0, 0.1) is 0 Å². The summed E-state index contributed by atoms with van der Waals surface area (Å²) in [6.07, 6.45) is 3.64. The quantitative estimate of drug-likeness (QED) is 0.521. The fraction of sp³-hybridized carbons (Fsp3) is 0.517. The first kappa shape index (κ1) is 25.7. The van der Waals surface area contributed by atoms with Crippen molar-refractivity contribution in [2.45, 2.75) is 62.7 Å². The number of nitrogens with zero attached hydrogens (tertiary/aromatic N) is 2. The van der Waals surface area contributed by atoms with E-state index in [9.17, 15) is 9.59 Å². The number of amides is 1. The Morgan fingerprint density at radius 2 is 1.46 bits per heavy atom. The molecule has 3 aliphatic rings. The van der Waals surface area contributed by atoms with E-state index in [1.54, 1.807) is 11.9 Å². The third-order valence-electron chi connectivity index (χ3n) is 8.08. The minimum absolute atomic E-state index is 0.0651. The maximum absolute atomic E-state index is 12.9. The van der Waals surface area contributed by atoms with Gasteiger partial charge < -0.3 is 23.8 Å². The highest BCUT2D eigenvalue weighted by Gasteiger charge is 2.54.